The van der Waals surface area contributed by atoms with Crippen LogP contribution in [-0.4, -0.2) is 35.8 Å². The predicted molar refractivity (Wildman–Crippen MR) is 113 cm³/mol. The molecular weight excluding hydrogens is 388 g/mol. The summed E-state index contributed by atoms with van der Waals surface area (Å²) in [7, 11) is 0. The summed E-state index contributed by atoms with van der Waals surface area (Å²) in [6.45, 7) is 7.32. The van der Waals surface area contributed by atoms with E-state index in [1.165, 1.54) is 11.3 Å². The fraction of sp³-hybridized carbons (Fsp3) is 0.409. The summed E-state index contributed by atoms with van der Waals surface area (Å²) in [5.41, 5.74) is 2.86. The van der Waals surface area contributed by atoms with Crippen LogP contribution in [0.25, 0.3) is 0 Å². The summed E-state index contributed by atoms with van der Waals surface area (Å²) in [5, 5.41) is 3.40. The number of likely N-dealkylation sites (tertiary alicyclic amines) is 1. The molecule has 0 atom stereocenters. The minimum absolute atomic E-state index is 0.179. The maximum absolute atomic E-state index is 12.7. The lowest BCUT2D eigenvalue weighted by molar-refractivity contribution is -0.128. The first-order valence-electron chi connectivity index (χ1n) is 9.92. The highest BCUT2D eigenvalue weighted by molar-refractivity contribution is 7.16. The Bertz CT molecular complexity index is 918. The van der Waals surface area contributed by atoms with Crippen molar-refractivity contribution in [3.8, 4) is 0 Å². The number of amides is 2. The van der Waals surface area contributed by atoms with Gasteiger partial charge in [0, 0.05) is 30.0 Å². The van der Waals surface area contributed by atoms with E-state index in [0.29, 0.717) is 35.5 Å². The minimum Gasteiger partial charge on any atom is -0.462 e. The number of hydrogen-bond donors (Lipinski definition) is 1. The minimum atomic E-state index is -0.408. The van der Waals surface area contributed by atoms with Crippen molar-refractivity contribution < 1.29 is 19.1 Å². The van der Waals surface area contributed by atoms with Gasteiger partial charge in [-0.2, -0.15) is 0 Å². The van der Waals surface area contributed by atoms with Crippen LogP contribution < -0.4 is 5.32 Å². The fourth-order valence-corrected chi connectivity index (χ4v) is 4.67. The molecule has 1 aliphatic rings. The first kappa shape index (κ1) is 21.0. The van der Waals surface area contributed by atoms with Gasteiger partial charge in [-0.15, -0.1) is 11.3 Å². The van der Waals surface area contributed by atoms with Gasteiger partial charge in [0.15, 0.2) is 0 Å². The molecule has 1 aromatic carbocycles. The fourth-order valence-electron chi connectivity index (χ4n) is 3.54. The Kier molecular flexibility index (Phi) is 6.69. The molecular formula is C22H26N2O4S. The smallest absolute Gasteiger partial charge is 0.341 e. The van der Waals surface area contributed by atoms with E-state index < -0.39 is 5.97 Å². The molecule has 0 radical (unpaired) electrons. The van der Waals surface area contributed by atoms with Crippen LogP contribution in [-0.2, 0) is 22.5 Å². The molecule has 0 unspecified atom stereocenters. The zero-order valence-corrected chi connectivity index (χ0v) is 17.9. The molecule has 7 heteroatoms. The molecule has 2 aromatic rings. The maximum atomic E-state index is 12.7. The van der Waals surface area contributed by atoms with E-state index in [0.717, 1.165) is 29.0 Å². The van der Waals surface area contributed by atoms with Crippen LogP contribution in [0.2, 0.25) is 0 Å². The number of nitrogens with zero attached hydrogens (tertiary/aromatic N) is 1. The molecule has 2 amide bonds. The van der Waals surface area contributed by atoms with Gasteiger partial charge >= 0.3 is 5.97 Å². The second-order valence-corrected chi connectivity index (χ2v) is 8.21. The van der Waals surface area contributed by atoms with E-state index >= 15 is 0 Å². The number of nitrogens with one attached hydrogen (secondary N) is 1. The monoisotopic (exact) mass is 414 g/mol. The van der Waals surface area contributed by atoms with Crippen LogP contribution in [0.15, 0.2) is 24.3 Å². The van der Waals surface area contributed by atoms with Crippen molar-refractivity contribution >= 4 is 34.1 Å². The largest absolute Gasteiger partial charge is 0.462 e. The second-order valence-electron chi connectivity index (χ2n) is 6.98. The quantitative estimate of drug-likeness (QED) is 0.690. The van der Waals surface area contributed by atoms with Crippen LogP contribution in [0.1, 0.15) is 63.4 Å². The van der Waals surface area contributed by atoms with Crippen molar-refractivity contribution in [1.82, 2.24) is 4.90 Å². The van der Waals surface area contributed by atoms with E-state index in [4.69, 9.17) is 4.74 Å². The zero-order valence-electron chi connectivity index (χ0n) is 17.0. The summed E-state index contributed by atoms with van der Waals surface area (Å²) in [6, 6.07) is 7.22. The van der Waals surface area contributed by atoms with Crippen LogP contribution in [0.4, 0.5) is 5.00 Å². The number of ether oxygens (including phenoxy) is 1. The lowest BCUT2D eigenvalue weighted by Crippen LogP contribution is -2.23. The van der Waals surface area contributed by atoms with Crippen molar-refractivity contribution in [1.29, 1.82) is 0 Å². The third kappa shape index (κ3) is 4.67. The van der Waals surface area contributed by atoms with Gasteiger partial charge in [0.05, 0.1) is 12.2 Å². The summed E-state index contributed by atoms with van der Waals surface area (Å²) in [5.74, 6) is -0.504. The summed E-state index contributed by atoms with van der Waals surface area (Å²) < 4.78 is 5.18. The van der Waals surface area contributed by atoms with Crippen LogP contribution in [0.5, 0.6) is 0 Å². The van der Waals surface area contributed by atoms with Crippen molar-refractivity contribution in [2.75, 3.05) is 18.5 Å². The van der Waals surface area contributed by atoms with Gasteiger partial charge in [-0.25, -0.2) is 4.79 Å². The molecule has 29 heavy (non-hydrogen) atoms. The van der Waals surface area contributed by atoms with E-state index in [9.17, 15) is 14.4 Å². The second kappa shape index (κ2) is 9.22. The molecule has 1 aromatic heterocycles. The van der Waals surface area contributed by atoms with Crippen LogP contribution in [0, 0.1) is 6.92 Å². The van der Waals surface area contributed by atoms with E-state index in [1.807, 2.05) is 30.9 Å². The number of carbonyl (C=O) groups is 3. The summed E-state index contributed by atoms with van der Waals surface area (Å²) >= 11 is 1.39. The lowest BCUT2D eigenvalue weighted by Gasteiger charge is -2.15. The first-order valence-corrected chi connectivity index (χ1v) is 10.7. The van der Waals surface area contributed by atoms with Gasteiger partial charge in [0.2, 0.25) is 5.91 Å². The lowest BCUT2D eigenvalue weighted by atomic mass is 10.1. The number of anilines is 1. The molecule has 1 saturated heterocycles. The molecule has 1 N–H and O–H groups in total. The van der Waals surface area contributed by atoms with Gasteiger partial charge in [0.25, 0.3) is 5.91 Å². The topological polar surface area (TPSA) is 75.7 Å². The van der Waals surface area contributed by atoms with Gasteiger partial charge in [-0.05, 0) is 49.9 Å². The number of carbonyl (C=O) groups excluding carboxylic acids is 3. The number of benzene rings is 1. The Morgan fingerprint density at radius 3 is 2.52 bits per heavy atom. The van der Waals surface area contributed by atoms with Crippen molar-refractivity contribution in [2.24, 2.45) is 0 Å². The van der Waals surface area contributed by atoms with Crippen molar-refractivity contribution in [2.45, 2.75) is 46.6 Å². The molecule has 0 bridgehead atoms. The van der Waals surface area contributed by atoms with Crippen molar-refractivity contribution in [3.63, 3.8) is 0 Å². The Labute approximate surface area is 174 Å². The molecule has 0 spiro atoms. The third-order valence-electron chi connectivity index (χ3n) is 5.03. The number of hydrogen-bond acceptors (Lipinski definition) is 5. The number of thiophene rings is 1. The molecule has 2 heterocycles. The maximum Gasteiger partial charge on any atom is 0.341 e. The number of aryl methyl sites for hydroxylation is 1. The molecule has 3 rings (SSSR count). The molecule has 6 nitrogen and oxygen atoms in total. The number of esters is 1. The normalized spacial score (nSPS) is 13.6. The van der Waals surface area contributed by atoms with Gasteiger partial charge in [-0.3, -0.25) is 9.59 Å². The molecule has 0 saturated carbocycles. The number of rotatable bonds is 7. The van der Waals surface area contributed by atoms with Crippen molar-refractivity contribution in [3.05, 3.63) is 51.4 Å². The highest BCUT2D eigenvalue weighted by Gasteiger charge is 2.24. The molecule has 1 fully saturated rings. The predicted octanol–water partition coefficient (Wildman–Crippen LogP) is 4.17. The molecule has 154 valence electrons. The SMILES string of the molecule is CCOC(=O)c1c(NC(=O)c2ccc(CN3CCCC3=O)cc2)sc(C)c1CC. The Morgan fingerprint density at radius 1 is 1.21 bits per heavy atom. The van der Waals surface area contributed by atoms with E-state index in [1.54, 1.807) is 19.1 Å². The van der Waals surface area contributed by atoms with Gasteiger partial charge in [0.1, 0.15) is 5.00 Å². The average molecular weight is 415 g/mol. The van der Waals surface area contributed by atoms with E-state index in [2.05, 4.69) is 5.32 Å². The zero-order chi connectivity index (χ0) is 21.0. The highest BCUT2D eigenvalue weighted by atomic mass is 32.1. The standard InChI is InChI=1S/C22H26N2O4S/c1-4-17-14(3)29-21(19(17)22(27)28-5-2)23-20(26)16-10-8-15(9-11-16)13-24-12-6-7-18(24)25/h8-11H,4-7,12-13H2,1-3H3,(H,23,26). The Hall–Kier alpha value is -2.67. The Morgan fingerprint density at radius 2 is 1.93 bits per heavy atom. The molecule has 1 aliphatic heterocycles. The summed E-state index contributed by atoms with van der Waals surface area (Å²) in [6.07, 6.45) is 2.21. The van der Waals surface area contributed by atoms with E-state index in [-0.39, 0.29) is 18.4 Å². The van der Waals surface area contributed by atoms with Gasteiger partial charge < -0.3 is 15.0 Å². The summed E-state index contributed by atoms with van der Waals surface area (Å²) in [4.78, 5) is 39.8. The first-order chi connectivity index (χ1) is 13.9. The third-order valence-corrected chi connectivity index (χ3v) is 6.09. The average Bonchev–Trinajstić information content (AvgIpc) is 3.24. The Balaban J connectivity index is 1.74. The van der Waals surface area contributed by atoms with Crippen LogP contribution in [0.3, 0.4) is 0 Å². The van der Waals surface area contributed by atoms with Crippen LogP contribution >= 0.6 is 11.3 Å². The molecule has 0 aliphatic carbocycles. The highest BCUT2D eigenvalue weighted by Crippen LogP contribution is 2.34. The van der Waals surface area contributed by atoms with Gasteiger partial charge in [-0.1, -0.05) is 19.1 Å².